The third-order valence-electron chi connectivity index (χ3n) is 4.79. The van der Waals surface area contributed by atoms with Crippen LogP contribution in [0, 0.1) is 6.92 Å². The molecule has 4 nitrogen and oxygen atoms in total. The van der Waals surface area contributed by atoms with Crippen molar-refractivity contribution in [1.82, 2.24) is 4.90 Å². The number of anilines is 1. The standard InChI is InChI=1S/C24H18Cl2N2O2S/c1-15-13-18(26)9-12-20(15)27-21-22(31-19-10-7-17(25)8-11-19)24(30)28(23(21)29)14-16-5-3-2-4-6-16/h2-13,27H,14H2,1H3. The van der Waals surface area contributed by atoms with E-state index in [0.717, 1.165) is 21.7 Å². The second-order valence-corrected chi connectivity index (χ2v) is 8.98. The molecule has 2 amide bonds. The molecule has 0 bridgehead atoms. The molecular formula is C24H18Cl2N2O2S. The summed E-state index contributed by atoms with van der Waals surface area (Å²) in [6, 6.07) is 21.9. The van der Waals surface area contributed by atoms with Gasteiger partial charge in [0, 0.05) is 20.6 Å². The molecule has 0 radical (unpaired) electrons. The van der Waals surface area contributed by atoms with Crippen molar-refractivity contribution in [3.63, 3.8) is 0 Å². The predicted octanol–water partition coefficient (Wildman–Crippen LogP) is 6.29. The number of carbonyl (C=O) groups is 2. The number of aryl methyl sites for hydroxylation is 1. The summed E-state index contributed by atoms with van der Waals surface area (Å²) >= 11 is 13.3. The Kier molecular flexibility index (Phi) is 6.37. The van der Waals surface area contributed by atoms with E-state index in [2.05, 4.69) is 5.32 Å². The van der Waals surface area contributed by atoms with Crippen molar-refractivity contribution in [2.75, 3.05) is 5.32 Å². The molecular weight excluding hydrogens is 451 g/mol. The number of nitrogens with zero attached hydrogens (tertiary/aromatic N) is 1. The Balaban J connectivity index is 1.69. The summed E-state index contributed by atoms with van der Waals surface area (Å²) in [6.07, 6.45) is 0. The summed E-state index contributed by atoms with van der Waals surface area (Å²) in [5, 5.41) is 4.38. The highest BCUT2D eigenvalue weighted by molar-refractivity contribution is 8.04. The van der Waals surface area contributed by atoms with Gasteiger partial charge in [0.05, 0.1) is 6.54 Å². The normalized spacial score (nSPS) is 13.8. The van der Waals surface area contributed by atoms with Gasteiger partial charge in [-0.1, -0.05) is 65.3 Å². The maximum absolute atomic E-state index is 13.3. The minimum absolute atomic E-state index is 0.202. The van der Waals surface area contributed by atoms with E-state index in [9.17, 15) is 9.59 Å². The Morgan fingerprint density at radius 3 is 2.23 bits per heavy atom. The van der Waals surface area contributed by atoms with Gasteiger partial charge in [-0.3, -0.25) is 14.5 Å². The molecule has 0 saturated carbocycles. The van der Waals surface area contributed by atoms with Gasteiger partial charge in [0.25, 0.3) is 11.8 Å². The number of rotatable bonds is 6. The van der Waals surface area contributed by atoms with Crippen molar-refractivity contribution < 1.29 is 9.59 Å². The number of carbonyl (C=O) groups excluding carboxylic acids is 2. The van der Waals surface area contributed by atoms with Gasteiger partial charge in [0.1, 0.15) is 10.6 Å². The third-order valence-corrected chi connectivity index (χ3v) is 6.37. The van der Waals surface area contributed by atoms with Crippen LogP contribution >= 0.6 is 35.0 Å². The van der Waals surface area contributed by atoms with Crippen molar-refractivity contribution in [1.29, 1.82) is 0 Å². The summed E-state index contributed by atoms with van der Waals surface area (Å²) < 4.78 is 0. The summed E-state index contributed by atoms with van der Waals surface area (Å²) in [6.45, 7) is 2.09. The molecule has 0 atom stereocenters. The average molecular weight is 469 g/mol. The lowest BCUT2D eigenvalue weighted by molar-refractivity contribution is -0.137. The Bertz CT molecular complexity index is 1180. The van der Waals surface area contributed by atoms with Crippen LogP contribution in [0.25, 0.3) is 0 Å². The van der Waals surface area contributed by atoms with Crippen LogP contribution in [0.4, 0.5) is 5.69 Å². The van der Waals surface area contributed by atoms with Crippen LogP contribution in [0.5, 0.6) is 0 Å². The molecule has 1 heterocycles. The van der Waals surface area contributed by atoms with Gasteiger partial charge in [0.2, 0.25) is 0 Å². The number of thioether (sulfide) groups is 1. The zero-order valence-corrected chi connectivity index (χ0v) is 18.9. The van der Waals surface area contributed by atoms with Gasteiger partial charge in [-0.2, -0.15) is 0 Å². The number of halogens is 2. The molecule has 7 heteroatoms. The van der Waals surface area contributed by atoms with Gasteiger partial charge < -0.3 is 5.32 Å². The summed E-state index contributed by atoms with van der Waals surface area (Å²) in [5.74, 6) is -0.692. The smallest absolute Gasteiger partial charge is 0.278 e. The van der Waals surface area contributed by atoms with E-state index in [1.807, 2.05) is 49.4 Å². The monoisotopic (exact) mass is 468 g/mol. The molecule has 3 aromatic carbocycles. The van der Waals surface area contributed by atoms with Gasteiger partial charge in [-0.05, 0) is 60.5 Å². The number of amides is 2. The van der Waals surface area contributed by atoms with Crippen molar-refractivity contribution >= 4 is 52.5 Å². The quantitative estimate of drug-likeness (QED) is 0.432. The molecule has 4 rings (SSSR count). The SMILES string of the molecule is Cc1cc(Cl)ccc1NC1=C(Sc2ccc(Cl)cc2)C(=O)N(Cc2ccccc2)C1=O. The van der Waals surface area contributed by atoms with Crippen LogP contribution < -0.4 is 5.32 Å². The number of hydrogen-bond acceptors (Lipinski definition) is 4. The fourth-order valence-corrected chi connectivity index (χ4v) is 4.49. The van der Waals surface area contributed by atoms with Gasteiger partial charge in [0.15, 0.2) is 0 Å². The Morgan fingerprint density at radius 2 is 1.55 bits per heavy atom. The Hall–Kier alpha value is -2.73. The number of hydrogen-bond donors (Lipinski definition) is 1. The first-order valence-corrected chi connectivity index (χ1v) is 11.1. The van der Waals surface area contributed by atoms with Crippen molar-refractivity contribution in [2.45, 2.75) is 18.4 Å². The number of nitrogens with one attached hydrogen (secondary N) is 1. The van der Waals surface area contributed by atoms with Crippen LogP contribution in [0.3, 0.4) is 0 Å². The molecule has 1 N–H and O–H groups in total. The molecule has 31 heavy (non-hydrogen) atoms. The third kappa shape index (κ3) is 4.79. The molecule has 0 spiro atoms. The van der Waals surface area contributed by atoms with Crippen LogP contribution in [0.1, 0.15) is 11.1 Å². The van der Waals surface area contributed by atoms with E-state index < -0.39 is 0 Å². The van der Waals surface area contributed by atoms with Crippen molar-refractivity contribution in [3.8, 4) is 0 Å². The van der Waals surface area contributed by atoms with E-state index in [1.54, 1.807) is 30.3 Å². The fraction of sp³-hybridized carbons (Fsp3) is 0.0833. The van der Waals surface area contributed by atoms with Crippen LogP contribution in [-0.2, 0) is 16.1 Å². The maximum Gasteiger partial charge on any atom is 0.278 e. The fourth-order valence-electron chi connectivity index (χ4n) is 3.19. The van der Waals surface area contributed by atoms with E-state index in [0.29, 0.717) is 15.0 Å². The van der Waals surface area contributed by atoms with E-state index in [-0.39, 0.29) is 24.1 Å². The zero-order valence-electron chi connectivity index (χ0n) is 16.6. The molecule has 156 valence electrons. The van der Waals surface area contributed by atoms with Crippen LogP contribution in [0.2, 0.25) is 10.0 Å². The van der Waals surface area contributed by atoms with Crippen molar-refractivity contribution in [3.05, 3.63) is 105 Å². The first-order chi connectivity index (χ1) is 14.9. The van der Waals surface area contributed by atoms with Gasteiger partial charge >= 0.3 is 0 Å². The lowest BCUT2D eigenvalue weighted by Crippen LogP contribution is -2.31. The lowest BCUT2D eigenvalue weighted by Gasteiger charge is -2.15. The summed E-state index contributed by atoms with van der Waals surface area (Å²) in [5.41, 5.74) is 2.73. The second kappa shape index (κ2) is 9.18. The molecule has 1 aliphatic heterocycles. The summed E-state index contributed by atoms with van der Waals surface area (Å²) in [4.78, 5) is 29.0. The van der Waals surface area contributed by atoms with Crippen LogP contribution in [0.15, 0.2) is 88.3 Å². The molecule has 0 saturated heterocycles. The first-order valence-electron chi connectivity index (χ1n) is 9.53. The van der Waals surface area contributed by atoms with E-state index in [1.165, 1.54) is 16.7 Å². The minimum atomic E-state index is -0.361. The molecule has 0 unspecified atom stereocenters. The molecule has 0 aromatic heterocycles. The highest BCUT2D eigenvalue weighted by atomic mass is 35.5. The maximum atomic E-state index is 13.3. The molecule has 0 aliphatic carbocycles. The minimum Gasteiger partial charge on any atom is -0.350 e. The Morgan fingerprint density at radius 1 is 0.871 bits per heavy atom. The summed E-state index contributed by atoms with van der Waals surface area (Å²) in [7, 11) is 0. The Labute approximate surface area is 194 Å². The van der Waals surface area contributed by atoms with Gasteiger partial charge in [-0.25, -0.2) is 0 Å². The topological polar surface area (TPSA) is 49.4 Å². The van der Waals surface area contributed by atoms with Gasteiger partial charge in [-0.15, -0.1) is 0 Å². The van der Waals surface area contributed by atoms with E-state index >= 15 is 0 Å². The highest BCUT2D eigenvalue weighted by Crippen LogP contribution is 2.37. The zero-order chi connectivity index (χ0) is 22.0. The second-order valence-electron chi connectivity index (χ2n) is 7.03. The highest BCUT2D eigenvalue weighted by Gasteiger charge is 2.39. The first kappa shape index (κ1) is 21.5. The lowest BCUT2D eigenvalue weighted by atomic mass is 10.2. The predicted molar refractivity (Wildman–Crippen MR) is 126 cm³/mol. The molecule has 0 fully saturated rings. The molecule has 1 aliphatic rings. The van der Waals surface area contributed by atoms with Crippen molar-refractivity contribution in [2.24, 2.45) is 0 Å². The molecule has 3 aromatic rings. The largest absolute Gasteiger partial charge is 0.350 e. The number of imide groups is 1. The number of benzene rings is 3. The average Bonchev–Trinajstić information content (AvgIpc) is 2.97. The van der Waals surface area contributed by atoms with E-state index in [4.69, 9.17) is 23.2 Å². The van der Waals surface area contributed by atoms with Crippen LogP contribution in [-0.4, -0.2) is 16.7 Å².